The van der Waals surface area contributed by atoms with Gasteiger partial charge >= 0.3 is 0 Å². The zero-order chi connectivity index (χ0) is 12.5. The maximum Gasteiger partial charge on any atom is 0.0755 e. The third-order valence-electron chi connectivity index (χ3n) is 3.34. The molecule has 0 bridgehead atoms. The van der Waals surface area contributed by atoms with E-state index in [1.165, 1.54) is 19.3 Å². The van der Waals surface area contributed by atoms with Crippen LogP contribution in [0.15, 0.2) is 0 Å². The van der Waals surface area contributed by atoms with Crippen molar-refractivity contribution in [2.45, 2.75) is 64.5 Å². The second-order valence-corrected chi connectivity index (χ2v) is 4.91. The molecule has 2 atom stereocenters. The smallest absolute Gasteiger partial charge is 0.0755 e. The average Bonchev–Trinajstić information content (AvgIpc) is 3.15. The molecule has 2 nitrogen and oxygen atoms in total. The van der Waals surface area contributed by atoms with Crippen LogP contribution in [0.4, 0.5) is 0 Å². The van der Waals surface area contributed by atoms with E-state index in [2.05, 4.69) is 25.1 Å². The largest absolute Gasteiger partial charge is 0.377 e. The summed E-state index contributed by atoms with van der Waals surface area (Å²) < 4.78 is 5.94. The molecule has 0 heterocycles. The minimum atomic E-state index is 0.407. The molecule has 1 fully saturated rings. The molecule has 1 aliphatic carbocycles. The van der Waals surface area contributed by atoms with Crippen molar-refractivity contribution >= 4 is 0 Å². The highest BCUT2D eigenvalue weighted by Gasteiger charge is 2.36. The molecule has 2 heteroatoms. The van der Waals surface area contributed by atoms with Gasteiger partial charge in [0.05, 0.1) is 6.10 Å². The summed E-state index contributed by atoms with van der Waals surface area (Å²) in [6.45, 7) is 6.20. The summed E-state index contributed by atoms with van der Waals surface area (Å²) >= 11 is 0. The van der Waals surface area contributed by atoms with Gasteiger partial charge in [0.25, 0.3) is 0 Å². The van der Waals surface area contributed by atoms with E-state index in [4.69, 9.17) is 11.2 Å². The standard InChI is InChI=1S/C15H27NO/c1-4-7-8-9-14(16-12-5-2)15(17-6-3)13-10-11-13/h1,13-16H,5-12H2,2-3H3. The number of hydrogen-bond donors (Lipinski definition) is 1. The van der Waals surface area contributed by atoms with Gasteiger partial charge in [-0.15, -0.1) is 12.3 Å². The lowest BCUT2D eigenvalue weighted by Crippen LogP contribution is -2.43. The first-order valence-electron chi connectivity index (χ1n) is 7.11. The lowest BCUT2D eigenvalue weighted by atomic mass is 10.00. The van der Waals surface area contributed by atoms with Crippen LogP contribution in [0.3, 0.4) is 0 Å². The fourth-order valence-corrected chi connectivity index (χ4v) is 2.33. The number of nitrogens with one attached hydrogen (secondary N) is 1. The summed E-state index contributed by atoms with van der Waals surface area (Å²) in [5.74, 6) is 3.51. The maximum atomic E-state index is 5.94. The predicted octanol–water partition coefficient (Wildman–Crippen LogP) is 2.97. The van der Waals surface area contributed by atoms with E-state index in [-0.39, 0.29) is 0 Å². The molecular weight excluding hydrogens is 210 g/mol. The number of hydrogen-bond acceptors (Lipinski definition) is 2. The molecule has 17 heavy (non-hydrogen) atoms. The molecule has 0 saturated heterocycles. The molecule has 1 aliphatic rings. The maximum absolute atomic E-state index is 5.94. The second kappa shape index (κ2) is 8.55. The Morgan fingerprint density at radius 1 is 1.41 bits per heavy atom. The van der Waals surface area contributed by atoms with Gasteiger partial charge in [-0.25, -0.2) is 0 Å². The molecule has 1 rings (SSSR count). The minimum Gasteiger partial charge on any atom is -0.377 e. The highest BCUT2D eigenvalue weighted by atomic mass is 16.5. The Balaban J connectivity index is 2.42. The van der Waals surface area contributed by atoms with Crippen LogP contribution in [0, 0.1) is 18.3 Å². The summed E-state index contributed by atoms with van der Waals surface area (Å²) in [5, 5.41) is 3.64. The van der Waals surface area contributed by atoms with E-state index in [9.17, 15) is 0 Å². The van der Waals surface area contributed by atoms with E-state index in [0.717, 1.165) is 38.3 Å². The van der Waals surface area contributed by atoms with Crippen LogP contribution >= 0.6 is 0 Å². The number of rotatable bonds is 10. The van der Waals surface area contributed by atoms with Gasteiger partial charge in [0.1, 0.15) is 0 Å². The average molecular weight is 237 g/mol. The molecule has 98 valence electrons. The molecule has 2 unspecified atom stereocenters. The summed E-state index contributed by atoms with van der Waals surface area (Å²) in [6, 6.07) is 0.496. The molecule has 0 radical (unpaired) electrons. The fourth-order valence-electron chi connectivity index (χ4n) is 2.33. The molecule has 1 N–H and O–H groups in total. The summed E-state index contributed by atoms with van der Waals surface area (Å²) in [4.78, 5) is 0. The van der Waals surface area contributed by atoms with Crippen LogP contribution < -0.4 is 5.32 Å². The molecule has 0 spiro atoms. The topological polar surface area (TPSA) is 21.3 Å². The molecule has 0 aromatic rings. The number of terminal acetylenes is 1. The van der Waals surface area contributed by atoms with Crippen LogP contribution in [-0.2, 0) is 4.74 Å². The molecule has 1 saturated carbocycles. The van der Waals surface area contributed by atoms with Gasteiger partial charge in [0.15, 0.2) is 0 Å². The van der Waals surface area contributed by atoms with Crippen molar-refractivity contribution in [2.24, 2.45) is 5.92 Å². The lowest BCUT2D eigenvalue weighted by Gasteiger charge is -2.28. The van der Waals surface area contributed by atoms with Gasteiger partial charge in [-0.3, -0.25) is 0 Å². The molecule has 0 aromatic heterocycles. The molecular formula is C15H27NO. The van der Waals surface area contributed by atoms with E-state index in [0.29, 0.717) is 12.1 Å². The van der Waals surface area contributed by atoms with Crippen LogP contribution in [0.1, 0.15) is 52.4 Å². The predicted molar refractivity (Wildman–Crippen MR) is 72.9 cm³/mol. The Morgan fingerprint density at radius 2 is 2.18 bits per heavy atom. The molecule has 0 amide bonds. The highest BCUT2D eigenvalue weighted by Crippen LogP contribution is 2.36. The minimum absolute atomic E-state index is 0.407. The van der Waals surface area contributed by atoms with Crippen molar-refractivity contribution in [1.29, 1.82) is 0 Å². The Labute approximate surface area is 107 Å². The van der Waals surface area contributed by atoms with E-state index in [1.54, 1.807) is 0 Å². The van der Waals surface area contributed by atoms with E-state index in [1.807, 2.05) is 0 Å². The van der Waals surface area contributed by atoms with Crippen molar-refractivity contribution in [3.05, 3.63) is 0 Å². The quantitative estimate of drug-likeness (QED) is 0.466. The van der Waals surface area contributed by atoms with Crippen molar-refractivity contribution in [2.75, 3.05) is 13.2 Å². The summed E-state index contributed by atoms with van der Waals surface area (Å²) in [5.41, 5.74) is 0. The first kappa shape index (κ1) is 14.5. The van der Waals surface area contributed by atoms with Crippen LogP contribution in [0.2, 0.25) is 0 Å². The third-order valence-corrected chi connectivity index (χ3v) is 3.34. The van der Waals surface area contributed by atoms with Crippen LogP contribution in [0.5, 0.6) is 0 Å². The normalized spacial score (nSPS) is 18.6. The summed E-state index contributed by atoms with van der Waals surface area (Å²) in [7, 11) is 0. The number of ether oxygens (including phenoxy) is 1. The first-order valence-corrected chi connectivity index (χ1v) is 7.11. The van der Waals surface area contributed by atoms with Crippen molar-refractivity contribution < 1.29 is 4.74 Å². The number of unbranched alkanes of at least 4 members (excludes halogenated alkanes) is 1. The van der Waals surface area contributed by atoms with Crippen LogP contribution in [-0.4, -0.2) is 25.3 Å². The van der Waals surface area contributed by atoms with Crippen molar-refractivity contribution in [1.82, 2.24) is 5.32 Å². The Bertz CT molecular complexity index is 230. The van der Waals surface area contributed by atoms with Gasteiger partial charge in [0, 0.05) is 19.1 Å². The molecule has 0 aromatic carbocycles. The van der Waals surface area contributed by atoms with Gasteiger partial charge in [0.2, 0.25) is 0 Å². The fraction of sp³-hybridized carbons (Fsp3) is 0.867. The SMILES string of the molecule is C#CCCCC(NCCC)C(OCC)C1CC1. The first-order chi connectivity index (χ1) is 8.33. The lowest BCUT2D eigenvalue weighted by molar-refractivity contribution is 0.0166. The van der Waals surface area contributed by atoms with Gasteiger partial charge in [-0.1, -0.05) is 6.92 Å². The monoisotopic (exact) mass is 237 g/mol. The Morgan fingerprint density at radius 3 is 2.71 bits per heavy atom. The van der Waals surface area contributed by atoms with Gasteiger partial charge in [-0.2, -0.15) is 0 Å². The van der Waals surface area contributed by atoms with Crippen LogP contribution in [0.25, 0.3) is 0 Å². The summed E-state index contributed by atoms with van der Waals surface area (Å²) in [6.07, 6.45) is 12.7. The highest BCUT2D eigenvalue weighted by molar-refractivity contribution is 4.91. The zero-order valence-corrected chi connectivity index (χ0v) is 11.4. The van der Waals surface area contributed by atoms with Gasteiger partial charge < -0.3 is 10.1 Å². The Hall–Kier alpha value is -0.520. The Kier molecular flexibility index (Phi) is 7.32. The van der Waals surface area contributed by atoms with E-state index >= 15 is 0 Å². The van der Waals surface area contributed by atoms with E-state index < -0.39 is 0 Å². The van der Waals surface area contributed by atoms with Crippen molar-refractivity contribution in [3.8, 4) is 12.3 Å². The third kappa shape index (κ3) is 5.57. The second-order valence-electron chi connectivity index (χ2n) is 4.91. The molecule has 0 aliphatic heterocycles. The zero-order valence-electron chi connectivity index (χ0n) is 11.4. The van der Waals surface area contributed by atoms with Crippen molar-refractivity contribution in [3.63, 3.8) is 0 Å². The van der Waals surface area contributed by atoms with Gasteiger partial charge in [-0.05, 0) is 51.5 Å².